The number of hydrogen-bond acceptors (Lipinski definition) is 2. The van der Waals surface area contributed by atoms with E-state index in [1.807, 2.05) is 0 Å². The van der Waals surface area contributed by atoms with Crippen LogP contribution >= 0.6 is 0 Å². The summed E-state index contributed by atoms with van der Waals surface area (Å²) in [7, 11) is 0. The number of benzene rings is 1. The van der Waals surface area contributed by atoms with Crippen molar-refractivity contribution in [2.24, 2.45) is 0 Å². The first kappa shape index (κ1) is 14.4. The minimum Gasteiger partial charge on any atom is -0.384 e. The maximum absolute atomic E-state index is 13.0. The number of hydrogen-bond donors (Lipinski definition) is 1. The average molecular weight is 289 g/mol. The molecule has 0 aliphatic heterocycles. The first-order valence-corrected chi connectivity index (χ1v) is 5.44. The molecule has 1 atom stereocenters. The fraction of sp³-hybridized carbons (Fsp3) is 0.154. The monoisotopic (exact) mass is 289 g/mol. The third-order valence-electron chi connectivity index (χ3n) is 2.66. The Labute approximate surface area is 110 Å². The first-order valence-electron chi connectivity index (χ1n) is 5.44. The zero-order chi connectivity index (χ0) is 14.9. The molecule has 2 aromatic rings. The summed E-state index contributed by atoms with van der Waals surface area (Å²) in [5, 5.41) is 9.92. The SMILES string of the molecule is OC(c1cncc(F)c1)c1ccc(F)cc1C(F)(F)F. The lowest BCUT2D eigenvalue weighted by Gasteiger charge is -2.17. The number of nitrogens with zero attached hydrogens (tertiary/aromatic N) is 1. The molecule has 1 aromatic carbocycles. The van der Waals surface area contributed by atoms with E-state index in [0.717, 1.165) is 30.6 Å². The molecular weight excluding hydrogens is 281 g/mol. The van der Waals surface area contributed by atoms with Crippen molar-refractivity contribution >= 4 is 0 Å². The molecule has 0 amide bonds. The Morgan fingerprint density at radius 1 is 1.00 bits per heavy atom. The highest BCUT2D eigenvalue weighted by atomic mass is 19.4. The first-order chi connectivity index (χ1) is 9.29. The van der Waals surface area contributed by atoms with Gasteiger partial charge in [0.2, 0.25) is 0 Å². The number of aromatic nitrogens is 1. The lowest BCUT2D eigenvalue weighted by molar-refractivity contribution is -0.139. The van der Waals surface area contributed by atoms with Crippen LogP contribution in [0.2, 0.25) is 0 Å². The van der Waals surface area contributed by atoms with E-state index >= 15 is 0 Å². The summed E-state index contributed by atoms with van der Waals surface area (Å²) >= 11 is 0. The Balaban J connectivity index is 2.52. The zero-order valence-electron chi connectivity index (χ0n) is 9.83. The lowest BCUT2D eigenvalue weighted by atomic mass is 9.97. The molecule has 20 heavy (non-hydrogen) atoms. The van der Waals surface area contributed by atoms with Crippen molar-refractivity contribution in [3.05, 3.63) is 65.0 Å². The van der Waals surface area contributed by atoms with Crippen molar-refractivity contribution in [2.45, 2.75) is 12.3 Å². The molecule has 7 heteroatoms. The topological polar surface area (TPSA) is 33.1 Å². The van der Waals surface area contributed by atoms with E-state index in [9.17, 15) is 27.1 Å². The van der Waals surface area contributed by atoms with Crippen LogP contribution in [0.5, 0.6) is 0 Å². The fourth-order valence-corrected chi connectivity index (χ4v) is 1.77. The van der Waals surface area contributed by atoms with Gasteiger partial charge in [0.15, 0.2) is 0 Å². The van der Waals surface area contributed by atoms with Crippen LogP contribution in [0.4, 0.5) is 22.0 Å². The molecule has 1 unspecified atom stereocenters. The largest absolute Gasteiger partial charge is 0.416 e. The molecule has 0 spiro atoms. The molecular formula is C13H8F5NO. The third-order valence-corrected chi connectivity index (χ3v) is 2.66. The van der Waals surface area contributed by atoms with Crippen LogP contribution in [-0.2, 0) is 6.18 Å². The molecule has 1 heterocycles. The van der Waals surface area contributed by atoms with Gasteiger partial charge in [-0.25, -0.2) is 8.78 Å². The van der Waals surface area contributed by atoms with Crippen LogP contribution in [-0.4, -0.2) is 10.1 Å². The molecule has 1 aromatic heterocycles. The summed E-state index contributed by atoms with van der Waals surface area (Å²) in [6, 6.07) is 2.75. The van der Waals surface area contributed by atoms with Gasteiger partial charge in [-0.05, 0) is 23.8 Å². The Bertz CT molecular complexity index is 626. The van der Waals surface area contributed by atoms with Gasteiger partial charge in [-0.15, -0.1) is 0 Å². The number of aliphatic hydroxyl groups excluding tert-OH is 1. The van der Waals surface area contributed by atoms with E-state index in [4.69, 9.17) is 0 Å². The quantitative estimate of drug-likeness (QED) is 0.859. The van der Waals surface area contributed by atoms with E-state index in [2.05, 4.69) is 4.98 Å². The van der Waals surface area contributed by atoms with Crippen molar-refractivity contribution in [1.82, 2.24) is 4.98 Å². The second-order valence-electron chi connectivity index (χ2n) is 4.07. The van der Waals surface area contributed by atoms with Gasteiger partial charge in [0.05, 0.1) is 11.8 Å². The molecule has 0 saturated carbocycles. The molecule has 2 rings (SSSR count). The van der Waals surface area contributed by atoms with E-state index in [0.29, 0.717) is 0 Å². The lowest BCUT2D eigenvalue weighted by Crippen LogP contribution is -2.13. The fourth-order valence-electron chi connectivity index (χ4n) is 1.77. The van der Waals surface area contributed by atoms with E-state index < -0.39 is 35.0 Å². The van der Waals surface area contributed by atoms with Gasteiger partial charge in [-0.2, -0.15) is 13.2 Å². The molecule has 0 aliphatic carbocycles. The number of aliphatic hydroxyl groups is 1. The molecule has 0 bridgehead atoms. The summed E-state index contributed by atoms with van der Waals surface area (Å²) in [6.45, 7) is 0. The number of rotatable bonds is 2. The number of halogens is 5. The normalized spacial score (nSPS) is 13.3. The van der Waals surface area contributed by atoms with Crippen molar-refractivity contribution in [3.63, 3.8) is 0 Å². The van der Waals surface area contributed by atoms with Crippen LogP contribution in [0, 0.1) is 11.6 Å². The highest BCUT2D eigenvalue weighted by Gasteiger charge is 2.35. The molecule has 0 radical (unpaired) electrons. The second kappa shape index (κ2) is 5.16. The third kappa shape index (κ3) is 2.93. The Morgan fingerprint density at radius 2 is 1.70 bits per heavy atom. The van der Waals surface area contributed by atoms with Gasteiger partial charge >= 0.3 is 6.18 Å². The van der Waals surface area contributed by atoms with Gasteiger partial charge in [-0.1, -0.05) is 6.07 Å². The summed E-state index contributed by atoms with van der Waals surface area (Å²) in [6.07, 6.45) is -4.70. The van der Waals surface area contributed by atoms with Crippen LogP contribution < -0.4 is 0 Å². The minimum atomic E-state index is -4.83. The van der Waals surface area contributed by atoms with Gasteiger partial charge in [0.1, 0.15) is 17.7 Å². The molecule has 0 saturated heterocycles. The van der Waals surface area contributed by atoms with E-state index in [1.165, 1.54) is 0 Å². The van der Waals surface area contributed by atoms with Gasteiger partial charge in [0.25, 0.3) is 0 Å². The molecule has 1 N–H and O–H groups in total. The maximum atomic E-state index is 13.0. The Kier molecular flexibility index (Phi) is 3.71. The van der Waals surface area contributed by atoms with Crippen LogP contribution in [0.1, 0.15) is 22.8 Å². The summed E-state index contributed by atoms with van der Waals surface area (Å²) < 4.78 is 64.4. The molecule has 106 valence electrons. The average Bonchev–Trinajstić information content (AvgIpc) is 2.37. The summed E-state index contributed by atoms with van der Waals surface area (Å²) in [4.78, 5) is 3.45. The number of pyridine rings is 1. The molecule has 0 aliphatic rings. The molecule has 2 nitrogen and oxygen atoms in total. The zero-order valence-corrected chi connectivity index (χ0v) is 9.83. The standard InChI is InChI=1S/C13H8F5NO/c14-8-1-2-10(11(4-8)13(16,17)18)12(20)7-3-9(15)6-19-5-7/h1-6,12,20H. The Morgan fingerprint density at radius 3 is 2.30 bits per heavy atom. The Hall–Kier alpha value is -2.02. The van der Waals surface area contributed by atoms with E-state index in [-0.39, 0.29) is 11.6 Å². The molecule has 0 fully saturated rings. The van der Waals surface area contributed by atoms with Crippen LogP contribution in [0.25, 0.3) is 0 Å². The maximum Gasteiger partial charge on any atom is 0.416 e. The second-order valence-corrected chi connectivity index (χ2v) is 4.07. The van der Waals surface area contributed by atoms with Gasteiger partial charge < -0.3 is 5.11 Å². The predicted molar refractivity (Wildman–Crippen MR) is 59.7 cm³/mol. The van der Waals surface area contributed by atoms with Gasteiger partial charge in [-0.3, -0.25) is 4.98 Å². The highest BCUT2D eigenvalue weighted by Crippen LogP contribution is 2.36. The van der Waals surface area contributed by atoms with Crippen molar-refractivity contribution in [1.29, 1.82) is 0 Å². The predicted octanol–water partition coefficient (Wildman–Crippen LogP) is 3.46. The van der Waals surface area contributed by atoms with Crippen LogP contribution in [0.3, 0.4) is 0 Å². The van der Waals surface area contributed by atoms with Crippen LogP contribution in [0.15, 0.2) is 36.7 Å². The van der Waals surface area contributed by atoms with E-state index in [1.54, 1.807) is 0 Å². The smallest absolute Gasteiger partial charge is 0.384 e. The van der Waals surface area contributed by atoms with Crippen molar-refractivity contribution < 1.29 is 27.1 Å². The van der Waals surface area contributed by atoms with Crippen molar-refractivity contribution in [2.75, 3.05) is 0 Å². The van der Waals surface area contributed by atoms with Crippen molar-refractivity contribution in [3.8, 4) is 0 Å². The summed E-state index contributed by atoms with van der Waals surface area (Å²) in [5.41, 5.74) is -2.03. The minimum absolute atomic E-state index is 0.151. The van der Waals surface area contributed by atoms with Gasteiger partial charge in [0, 0.05) is 11.8 Å². The number of alkyl halides is 3. The highest BCUT2D eigenvalue weighted by molar-refractivity contribution is 5.37. The summed E-state index contributed by atoms with van der Waals surface area (Å²) in [5.74, 6) is -1.87.